The molecule has 112 valence electrons. The molecule has 2 aromatic rings. The molecule has 0 aromatic heterocycles. The highest BCUT2D eigenvalue weighted by Crippen LogP contribution is 2.28. The summed E-state index contributed by atoms with van der Waals surface area (Å²) >= 11 is 0. The molecule has 0 saturated heterocycles. The second-order valence-corrected chi connectivity index (χ2v) is 4.63. The van der Waals surface area contributed by atoms with E-state index in [1.54, 1.807) is 11.9 Å². The van der Waals surface area contributed by atoms with Gasteiger partial charge in [0.05, 0.1) is 6.04 Å². The zero-order valence-corrected chi connectivity index (χ0v) is 11.3. The fourth-order valence-electron chi connectivity index (χ4n) is 2.14. The molecular formula is C15H14F4N2. The average molecular weight is 298 g/mol. The summed E-state index contributed by atoms with van der Waals surface area (Å²) in [7, 11) is 1.62. The molecule has 0 aliphatic carbocycles. The summed E-state index contributed by atoms with van der Waals surface area (Å²) < 4.78 is 53.1. The van der Waals surface area contributed by atoms with Crippen LogP contribution in [0.5, 0.6) is 0 Å². The van der Waals surface area contributed by atoms with E-state index in [1.807, 2.05) is 0 Å². The third-order valence-electron chi connectivity index (χ3n) is 3.32. The first-order chi connectivity index (χ1) is 9.93. The maximum atomic E-state index is 13.9. The van der Waals surface area contributed by atoms with Crippen molar-refractivity contribution >= 4 is 5.69 Å². The molecule has 0 radical (unpaired) electrons. The summed E-state index contributed by atoms with van der Waals surface area (Å²) in [6.45, 7) is -0.0180. The minimum atomic E-state index is -1.25. The smallest absolute Gasteiger partial charge is 0.161 e. The maximum Gasteiger partial charge on any atom is 0.161 e. The average Bonchev–Trinajstić information content (AvgIpc) is 2.45. The Balaban J connectivity index is 2.39. The van der Waals surface area contributed by atoms with Crippen molar-refractivity contribution in [1.82, 2.24) is 0 Å². The zero-order valence-electron chi connectivity index (χ0n) is 11.3. The predicted molar refractivity (Wildman–Crippen MR) is 72.9 cm³/mol. The molecule has 2 aromatic carbocycles. The Hall–Kier alpha value is -2.08. The minimum Gasteiger partial charge on any atom is -0.366 e. The van der Waals surface area contributed by atoms with Crippen molar-refractivity contribution in [2.24, 2.45) is 5.73 Å². The number of hydrogen-bond acceptors (Lipinski definition) is 2. The summed E-state index contributed by atoms with van der Waals surface area (Å²) in [5.41, 5.74) is 6.16. The molecule has 0 aliphatic heterocycles. The van der Waals surface area contributed by atoms with Crippen LogP contribution in [0.25, 0.3) is 0 Å². The highest BCUT2D eigenvalue weighted by atomic mass is 19.2. The van der Waals surface area contributed by atoms with Crippen LogP contribution < -0.4 is 10.6 Å². The number of rotatable bonds is 4. The number of nitrogens with zero attached hydrogens (tertiary/aromatic N) is 1. The first-order valence-electron chi connectivity index (χ1n) is 6.27. The molecule has 2 nitrogen and oxygen atoms in total. The molecular weight excluding hydrogens is 284 g/mol. The summed E-state index contributed by atoms with van der Waals surface area (Å²) in [5, 5.41) is 0. The molecule has 0 saturated carbocycles. The van der Waals surface area contributed by atoms with Crippen molar-refractivity contribution in [2.75, 3.05) is 18.5 Å². The van der Waals surface area contributed by atoms with Gasteiger partial charge in [0.25, 0.3) is 0 Å². The van der Waals surface area contributed by atoms with Crippen LogP contribution in [0.1, 0.15) is 11.6 Å². The molecule has 0 bridgehead atoms. The number of anilines is 1. The van der Waals surface area contributed by atoms with Gasteiger partial charge < -0.3 is 10.6 Å². The second kappa shape index (κ2) is 6.13. The molecule has 2 rings (SSSR count). The van der Waals surface area contributed by atoms with E-state index in [-0.39, 0.29) is 12.1 Å². The topological polar surface area (TPSA) is 29.3 Å². The van der Waals surface area contributed by atoms with Gasteiger partial charge in [-0.15, -0.1) is 0 Å². The monoisotopic (exact) mass is 298 g/mol. The van der Waals surface area contributed by atoms with E-state index in [4.69, 9.17) is 5.73 Å². The highest BCUT2D eigenvalue weighted by molar-refractivity contribution is 5.48. The largest absolute Gasteiger partial charge is 0.366 e. The maximum absolute atomic E-state index is 13.9. The summed E-state index contributed by atoms with van der Waals surface area (Å²) in [5.74, 6) is -3.68. The van der Waals surface area contributed by atoms with Gasteiger partial charge in [-0.05, 0) is 30.3 Å². The Morgan fingerprint density at radius 2 is 1.52 bits per heavy atom. The van der Waals surface area contributed by atoms with Crippen molar-refractivity contribution in [3.05, 3.63) is 65.2 Å². The van der Waals surface area contributed by atoms with Crippen molar-refractivity contribution in [3.63, 3.8) is 0 Å². The van der Waals surface area contributed by atoms with E-state index >= 15 is 0 Å². The van der Waals surface area contributed by atoms with E-state index in [2.05, 4.69) is 0 Å². The van der Waals surface area contributed by atoms with Crippen LogP contribution in [0.15, 0.2) is 36.4 Å². The first-order valence-corrected chi connectivity index (χ1v) is 6.27. The van der Waals surface area contributed by atoms with Crippen LogP contribution in [0, 0.1) is 23.3 Å². The van der Waals surface area contributed by atoms with Gasteiger partial charge >= 0.3 is 0 Å². The molecule has 21 heavy (non-hydrogen) atoms. The Kier molecular flexibility index (Phi) is 4.47. The molecule has 0 aliphatic rings. The number of halogens is 4. The van der Waals surface area contributed by atoms with E-state index in [0.717, 1.165) is 6.07 Å². The Labute approximate surface area is 119 Å². The summed E-state index contributed by atoms with van der Waals surface area (Å²) in [4.78, 5) is 1.58. The van der Waals surface area contributed by atoms with Gasteiger partial charge in [-0.1, -0.05) is 0 Å². The lowest BCUT2D eigenvalue weighted by Gasteiger charge is -2.29. The lowest BCUT2D eigenvalue weighted by atomic mass is 10.0. The highest BCUT2D eigenvalue weighted by Gasteiger charge is 2.22. The van der Waals surface area contributed by atoms with Gasteiger partial charge in [-0.3, -0.25) is 0 Å². The lowest BCUT2D eigenvalue weighted by Crippen LogP contribution is -2.31. The van der Waals surface area contributed by atoms with E-state index < -0.39 is 29.3 Å². The van der Waals surface area contributed by atoms with Crippen LogP contribution in [0.4, 0.5) is 23.2 Å². The Morgan fingerprint density at radius 3 is 2.10 bits per heavy atom. The van der Waals surface area contributed by atoms with E-state index in [1.165, 1.54) is 24.3 Å². The standard InChI is InChI=1S/C15H14F4N2/c1-21(10-4-2-9(16)3-5-10)15(8-20)11-6-13(18)14(19)7-12(11)17/h2-7,15H,8,20H2,1H3. The van der Waals surface area contributed by atoms with Crippen molar-refractivity contribution in [1.29, 1.82) is 0 Å². The van der Waals surface area contributed by atoms with Crippen molar-refractivity contribution in [2.45, 2.75) is 6.04 Å². The van der Waals surface area contributed by atoms with Gasteiger partial charge in [0.1, 0.15) is 11.6 Å². The number of nitrogens with two attached hydrogens (primary N) is 1. The third kappa shape index (κ3) is 3.16. The van der Waals surface area contributed by atoms with Crippen molar-refractivity contribution < 1.29 is 17.6 Å². The Bertz CT molecular complexity index is 628. The molecule has 0 fully saturated rings. The summed E-state index contributed by atoms with van der Waals surface area (Å²) in [6, 6.07) is 6.08. The summed E-state index contributed by atoms with van der Waals surface area (Å²) in [6.07, 6.45) is 0. The van der Waals surface area contributed by atoms with Crippen LogP contribution in [-0.2, 0) is 0 Å². The lowest BCUT2D eigenvalue weighted by molar-refractivity contribution is 0.483. The van der Waals surface area contributed by atoms with E-state index in [9.17, 15) is 17.6 Å². The molecule has 0 heterocycles. The Morgan fingerprint density at radius 1 is 0.952 bits per heavy atom. The number of hydrogen-bond donors (Lipinski definition) is 1. The van der Waals surface area contributed by atoms with E-state index in [0.29, 0.717) is 11.8 Å². The molecule has 0 spiro atoms. The fraction of sp³-hybridized carbons (Fsp3) is 0.200. The molecule has 2 N–H and O–H groups in total. The molecule has 0 amide bonds. The fourth-order valence-corrected chi connectivity index (χ4v) is 2.14. The third-order valence-corrected chi connectivity index (χ3v) is 3.32. The van der Waals surface area contributed by atoms with Crippen LogP contribution in [-0.4, -0.2) is 13.6 Å². The van der Waals surface area contributed by atoms with Crippen LogP contribution in [0.2, 0.25) is 0 Å². The SMILES string of the molecule is CN(c1ccc(F)cc1)C(CN)c1cc(F)c(F)cc1F. The number of benzene rings is 2. The first kappa shape index (κ1) is 15.3. The zero-order chi connectivity index (χ0) is 15.6. The molecule has 1 unspecified atom stereocenters. The van der Waals surface area contributed by atoms with Crippen LogP contribution >= 0.6 is 0 Å². The van der Waals surface area contributed by atoms with Gasteiger partial charge in [0.15, 0.2) is 11.6 Å². The predicted octanol–water partition coefficient (Wildman–Crippen LogP) is 3.38. The molecule has 6 heteroatoms. The van der Waals surface area contributed by atoms with Gasteiger partial charge in [-0.25, -0.2) is 17.6 Å². The van der Waals surface area contributed by atoms with Gasteiger partial charge in [0.2, 0.25) is 0 Å². The second-order valence-electron chi connectivity index (χ2n) is 4.63. The number of likely N-dealkylation sites (N-methyl/N-ethyl adjacent to an activating group) is 1. The normalized spacial score (nSPS) is 12.3. The van der Waals surface area contributed by atoms with Gasteiger partial charge in [-0.2, -0.15) is 0 Å². The molecule has 1 atom stereocenters. The van der Waals surface area contributed by atoms with Gasteiger partial charge in [0, 0.05) is 30.9 Å². The van der Waals surface area contributed by atoms with Crippen LogP contribution in [0.3, 0.4) is 0 Å². The van der Waals surface area contributed by atoms with Crippen molar-refractivity contribution in [3.8, 4) is 0 Å². The quantitative estimate of drug-likeness (QED) is 0.692. The minimum absolute atomic E-state index is 0.0180.